The molecule has 0 fully saturated rings. The number of hydrogen-bond donors (Lipinski definition) is 2. The van der Waals surface area contributed by atoms with E-state index in [1.165, 1.54) is 10.3 Å². The van der Waals surface area contributed by atoms with Gasteiger partial charge in [0.2, 0.25) is 5.82 Å². The van der Waals surface area contributed by atoms with Gasteiger partial charge in [0, 0.05) is 18.7 Å². The van der Waals surface area contributed by atoms with Gasteiger partial charge < -0.3 is 10.3 Å². The molecule has 0 saturated heterocycles. The second kappa shape index (κ2) is 5.68. The van der Waals surface area contributed by atoms with E-state index in [1.54, 1.807) is 0 Å². The highest BCUT2D eigenvalue weighted by Gasteiger charge is 2.43. The number of H-pyrrole nitrogens is 1. The minimum absolute atomic E-state index is 0.945. The zero-order chi connectivity index (χ0) is 17.3. The van der Waals surface area contributed by atoms with E-state index in [9.17, 15) is 44.3 Å². The lowest BCUT2D eigenvalue weighted by Crippen LogP contribution is -2.37. The van der Waals surface area contributed by atoms with Gasteiger partial charge in [-0.2, -0.15) is 39.5 Å². The topological polar surface area (TPSA) is 57.8 Å². The van der Waals surface area contributed by atoms with Gasteiger partial charge in [0.05, 0.1) is 0 Å². The lowest BCUT2D eigenvalue weighted by Gasteiger charge is -2.08. The molecular formula is C9H6F9N3O. The van der Waals surface area contributed by atoms with E-state index < -0.39 is 54.6 Å². The van der Waals surface area contributed by atoms with E-state index in [-0.39, 0.29) is 0 Å². The lowest BCUT2D eigenvalue weighted by atomic mass is 10.2. The van der Waals surface area contributed by atoms with E-state index in [0.717, 1.165) is 0 Å². The summed E-state index contributed by atoms with van der Waals surface area (Å²) in [5, 5.41) is 1.24. The molecule has 0 aromatic carbocycles. The molecular weight excluding hydrogens is 337 g/mol. The van der Waals surface area contributed by atoms with E-state index in [0.29, 0.717) is 0 Å². The number of carbonyl (C=O) groups excluding carboxylic acids is 1. The molecule has 4 nitrogen and oxygen atoms in total. The van der Waals surface area contributed by atoms with Gasteiger partial charge in [0.25, 0.3) is 0 Å². The van der Waals surface area contributed by atoms with Crippen LogP contribution in [0.3, 0.4) is 0 Å². The lowest BCUT2D eigenvalue weighted by molar-refractivity contribution is -0.173. The molecule has 1 aromatic rings. The Hall–Kier alpha value is -1.95. The summed E-state index contributed by atoms with van der Waals surface area (Å²) in [7, 11) is 0. The highest BCUT2D eigenvalue weighted by Crippen LogP contribution is 2.34. The summed E-state index contributed by atoms with van der Waals surface area (Å²) in [6.45, 7) is -0.957. The molecule has 0 unspecified atom stereocenters. The zero-order valence-electron chi connectivity index (χ0n) is 10.2. The summed E-state index contributed by atoms with van der Waals surface area (Å²) < 4.78 is 110. The van der Waals surface area contributed by atoms with Crippen LogP contribution in [0.25, 0.3) is 0 Å². The highest BCUT2D eigenvalue weighted by molar-refractivity contribution is 5.81. The van der Waals surface area contributed by atoms with Gasteiger partial charge in [-0.05, 0) is 0 Å². The van der Waals surface area contributed by atoms with Crippen molar-refractivity contribution in [3.63, 3.8) is 0 Å². The Labute approximate surface area is 115 Å². The molecule has 13 heteroatoms. The number of amides is 1. The molecule has 126 valence electrons. The van der Waals surface area contributed by atoms with Crippen LogP contribution in [0.4, 0.5) is 39.5 Å². The summed E-state index contributed by atoms with van der Waals surface area (Å²) >= 11 is 0. The van der Waals surface area contributed by atoms with Crippen molar-refractivity contribution in [1.82, 2.24) is 15.3 Å². The Morgan fingerprint density at radius 1 is 1.00 bits per heavy atom. The van der Waals surface area contributed by atoms with Crippen molar-refractivity contribution in [2.24, 2.45) is 0 Å². The maximum atomic E-state index is 12.5. The predicted molar refractivity (Wildman–Crippen MR) is 51.4 cm³/mol. The van der Waals surface area contributed by atoms with Crippen molar-refractivity contribution in [3.8, 4) is 0 Å². The average molecular weight is 343 g/mol. The highest BCUT2D eigenvalue weighted by atomic mass is 19.4. The third-order valence-corrected chi connectivity index (χ3v) is 2.23. The summed E-state index contributed by atoms with van der Waals surface area (Å²) in [6.07, 6.45) is -16.6. The normalized spacial score (nSPS) is 13.3. The molecule has 1 amide bonds. The molecule has 22 heavy (non-hydrogen) atoms. The van der Waals surface area contributed by atoms with Crippen molar-refractivity contribution in [3.05, 3.63) is 17.2 Å². The van der Waals surface area contributed by atoms with Crippen LogP contribution in [0.5, 0.6) is 0 Å². The van der Waals surface area contributed by atoms with Gasteiger partial charge in [-0.1, -0.05) is 0 Å². The van der Waals surface area contributed by atoms with Gasteiger partial charge in [-0.25, -0.2) is 4.98 Å². The number of aromatic nitrogens is 2. The van der Waals surface area contributed by atoms with Crippen molar-refractivity contribution in [2.75, 3.05) is 6.54 Å². The second-order valence-electron chi connectivity index (χ2n) is 3.91. The summed E-state index contributed by atoms with van der Waals surface area (Å²) in [5.74, 6) is -4.35. The Kier molecular flexibility index (Phi) is 4.67. The van der Waals surface area contributed by atoms with Gasteiger partial charge >= 0.3 is 24.4 Å². The van der Waals surface area contributed by atoms with Crippen molar-refractivity contribution < 1.29 is 44.3 Å². The van der Waals surface area contributed by atoms with Crippen LogP contribution < -0.4 is 5.32 Å². The van der Waals surface area contributed by atoms with Gasteiger partial charge in [0.15, 0.2) is 5.69 Å². The van der Waals surface area contributed by atoms with E-state index in [4.69, 9.17) is 0 Å². The van der Waals surface area contributed by atoms with E-state index >= 15 is 0 Å². The van der Waals surface area contributed by atoms with Gasteiger partial charge in [-0.15, -0.1) is 0 Å². The van der Waals surface area contributed by atoms with Crippen LogP contribution >= 0.6 is 0 Å². The predicted octanol–water partition coefficient (Wildman–Crippen LogP) is 2.67. The number of imidazole rings is 1. The third-order valence-electron chi connectivity index (χ3n) is 2.23. The molecule has 2 N–H and O–H groups in total. The number of halogens is 9. The molecule has 1 aromatic heterocycles. The Bertz CT molecular complexity index is 540. The largest absolute Gasteiger partial charge is 0.471 e. The first-order chi connectivity index (χ1) is 9.73. The minimum Gasteiger partial charge on any atom is -0.348 e. The van der Waals surface area contributed by atoms with Crippen LogP contribution in [0.2, 0.25) is 0 Å². The Morgan fingerprint density at radius 2 is 1.55 bits per heavy atom. The van der Waals surface area contributed by atoms with Crippen molar-refractivity contribution in [1.29, 1.82) is 0 Å². The summed E-state index contributed by atoms with van der Waals surface area (Å²) in [4.78, 5) is 14.1. The smallest absolute Gasteiger partial charge is 0.348 e. The molecule has 0 atom stereocenters. The molecule has 0 radical (unpaired) electrons. The monoisotopic (exact) mass is 343 g/mol. The molecule has 0 saturated carbocycles. The quantitative estimate of drug-likeness (QED) is 0.829. The number of alkyl halides is 9. The number of aromatic amines is 1. The number of carbonyl (C=O) groups is 1. The van der Waals surface area contributed by atoms with Crippen molar-refractivity contribution >= 4 is 5.91 Å². The number of nitrogens with zero attached hydrogens (tertiary/aromatic N) is 1. The third kappa shape index (κ3) is 4.53. The molecule has 0 bridgehead atoms. The Balaban J connectivity index is 2.90. The fourth-order valence-electron chi connectivity index (χ4n) is 1.36. The average Bonchev–Trinajstić information content (AvgIpc) is 2.71. The first-order valence-electron chi connectivity index (χ1n) is 5.31. The number of hydrogen-bond acceptors (Lipinski definition) is 2. The fourth-order valence-corrected chi connectivity index (χ4v) is 1.36. The minimum atomic E-state index is -5.25. The number of rotatable bonds is 3. The van der Waals surface area contributed by atoms with Crippen molar-refractivity contribution in [2.45, 2.75) is 24.9 Å². The first kappa shape index (κ1) is 18.1. The zero-order valence-corrected chi connectivity index (χ0v) is 10.2. The maximum absolute atomic E-state index is 12.5. The molecule has 0 aliphatic carbocycles. The second-order valence-corrected chi connectivity index (χ2v) is 3.91. The standard InChI is InChI=1S/C9H6F9N3O/c10-7(11,12)4-3(20-5(21-4)8(13,14)15)1-2-19-6(22)9(16,17)18/h1-2H2,(H,19,22)(H,20,21). The van der Waals surface area contributed by atoms with E-state index in [1.807, 2.05) is 0 Å². The fraction of sp³-hybridized carbons (Fsp3) is 0.556. The van der Waals surface area contributed by atoms with Crippen LogP contribution in [0, 0.1) is 0 Å². The van der Waals surface area contributed by atoms with Crippen LogP contribution in [-0.4, -0.2) is 28.6 Å². The summed E-state index contributed by atoms with van der Waals surface area (Å²) in [5.41, 5.74) is -2.98. The molecule has 0 aliphatic rings. The molecule has 0 aliphatic heterocycles. The number of nitrogens with one attached hydrogen (secondary N) is 2. The SMILES string of the molecule is O=C(NCCc1[nH]c(C(F)(F)F)nc1C(F)(F)F)C(F)(F)F. The van der Waals surface area contributed by atoms with Gasteiger partial charge in [0.1, 0.15) is 0 Å². The van der Waals surface area contributed by atoms with Crippen LogP contribution in [0.1, 0.15) is 17.2 Å². The van der Waals surface area contributed by atoms with Crippen LogP contribution in [-0.2, 0) is 23.6 Å². The maximum Gasteiger partial charge on any atom is 0.471 e. The summed E-state index contributed by atoms with van der Waals surface area (Å²) in [6, 6.07) is 0. The molecule has 0 spiro atoms. The molecule has 1 heterocycles. The van der Waals surface area contributed by atoms with Gasteiger partial charge in [-0.3, -0.25) is 4.79 Å². The Morgan fingerprint density at radius 3 is 1.95 bits per heavy atom. The van der Waals surface area contributed by atoms with Crippen LogP contribution in [0.15, 0.2) is 0 Å². The van der Waals surface area contributed by atoms with E-state index in [2.05, 4.69) is 4.98 Å². The first-order valence-corrected chi connectivity index (χ1v) is 5.31. The molecule has 1 rings (SSSR count).